The Morgan fingerprint density at radius 2 is 1.21 bits per heavy atom. The summed E-state index contributed by atoms with van der Waals surface area (Å²) in [5.74, 6) is -11.0. The van der Waals surface area contributed by atoms with E-state index in [0.717, 1.165) is 0 Å². The number of unbranched alkanes of at least 4 members (excludes halogenated alkanes) is 1. The molecule has 0 saturated carbocycles. The third kappa shape index (κ3) is 4.93. The first kappa shape index (κ1) is 22.4. The van der Waals surface area contributed by atoms with Crippen molar-refractivity contribution in [3.63, 3.8) is 0 Å². The van der Waals surface area contributed by atoms with Crippen LogP contribution in [-0.2, 0) is 5.79 Å². The molecule has 0 saturated heterocycles. The fraction of sp³-hybridized carbons (Fsp3) is 0.368. The molecule has 2 rings (SSSR count). The predicted molar refractivity (Wildman–Crippen MR) is 98.3 cm³/mol. The SMILES string of the molecule is Cc1ccccc1OC(O)(CCCCC(O)(O)O)c1c(O)c(O)c(O)c(O)c1O. The second kappa shape index (κ2) is 8.21. The van der Waals surface area contributed by atoms with Crippen molar-refractivity contribution >= 4 is 0 Å². The lowest BCUT2D eigenvalue weighted by atomic mass is 9.95. The number of aliphatic hydroxyl groups is 4. The van der Waals surface area contributed by atoms with Crippen LogP contribution in [-0.4, -0.2) is 51.9 Å². The van der Waals surface area contributed by atoms with Gasteiger partial charge in [-0.1, -0.05) is 18.2 Å². The van der Waals surface area contributed by atoms with Gasteiger partial charge >= 0.3 is 0 Å². The highest BCUT2D eigenvalue weighted by molar-refractivity contribution is 5.68. The van der Waals surface area contributed by atoms with Gasteiger partial charge in [-0.15, -0.1) is 0 Å². The van der Waals surface area contributed by atoms with Crippen LogP contribution >= 0.6 is 0 Å². The monoisotopic (exact) mass is 412 g/mol. The molecule has 29 heavy (non-hydrogen) atoms. The van der Waals surface area contributed by atoms with Gasteiger partial charge in [-0.25, -0.2) is 0 Å². The van der Waals surface area contributed by atoms with Crippen LogP contribution in [0.25, 0.3) is 0 Å². The summed E-state index contributed by atoms with van der Waals surface area (Å²) in [4.78, 5) is 0. The van der Waals surface area contributed by atoms with E-state index in [0.29, 0.717) is 5.56 Å². The number of ether oxygens (including phenoxy) is 1. The number of benzene rings is 2. The minimum atomic E-state index is -2.91. The predicted octanol–water partition coefficient (Wildman–Crippen LogP) is 0.938. The summed E-state index contributed by atoms with van der Waals surface area (Å²) < 4.78 is 5.61. The van der Waals surface area contributed by atoms with E-state index in [4.69, 9.17) is 20.1 Å². The minimum Gasteiger partial charge on any atom is -0.504 e. The van der Waals surface area contributed by atoms with Crippen LogP contribution < -0.4 is 4.74 Å². The number of aromatic hydroxyl groups is 5. The van der Waals surface area contributed by atoms with Crippen LogP contribution in [0.3, 0.4) is 0 Å². The summed E-state index contributed by atoms with van der Waals surface area (Å²) in [6.07, 6.45) is -0.854. The first-order valence-corrected chi connectivity index (χ1v) is 8.71. The summed E-state index contributed by atoms with van der Waals surface area (Å²) >= 11 is 0. The van der Waals surface area contributed by atoms with Gasteiger partial charge in [0.2, 0.25) is 23.0 Å². The molecule has 0 fully saturated rings. The zero-order chi connectivity index (χ0) is 22.0. The molecule has 1 unspecified atom stereocenters. The molecular weight excluding hydrogens is 388 g/mol. The first-order valence-electron chi connectivity index (χ1n) is 8.71. The van der Waals surface area contributed by atoms with Crippen molar-refractivity contribution in [2.24, 2.45) is 0 Å². The van der Waals surface area contributed by atoms with E-state index >= 15 is 0 Å². The van der Waals surface area contributed by atoms with Crippen molar-refractivity contribution < 1.29 is 50.7 Å². The molecule has 9 N–H and O–H groups in total. The highest BCUT2D eigenvalue weighted by Crippen LogP contribution is 2.55. The van der Waals surface area contributed by atoms with E-state index in [1.54, 1.807) is 25.1 Å². The maximum Gasteiger partial charge on any atom is 0.275 e. The minimum absolute atomic E-state index is 0.00685. The molecule has 0 bridgehead atoms. The molecule has 2 aromatic rings. The summed E-state index contributed by atoms with van der Waals surface area (Å²) in [7, 11) is 0. The molecule has 10 nitrogen and oxygen atoms in total. The molecule has 160 valence electrons. The Labute approximate surface area is 165 Å². The molecule has 0 aromatic heterocycles. The number of aryl methyl sites for hydroxylation is 1. The van der Waals surface area contributed by atoms with Gasteiger partial charge in [0.25, 0.3) is 5.97 Å². The van der Waals surface area contributed by atoms with Crippen LogP contribution in [0.4, 0.5) is 0 Å². The average molecular weight is 412 g/mol. The number of hydrogen-bond donors (Lipinski definition) is 9. The standard InChI is InChI=1S/C19H24O10/c1-10-6-2-3-7-11(10)29-18(25,8-4-5-9-19(26,27)28)12-13(20)15(22)17(24)16(23)14(12)21/h2-3,6-7,20-28H,4-5,8-9H2,1H3. The topological polar surface area (TPSA) is 191 Å². The number of phenols is 5. The lowest BCUT2D eigenvalue weighted by molar-refractivity contribution is -0.315. The quantitative estimate of drug-likeness (QED) is 0.130. The number of hydrogen-bond acceptors (Lipinski definition) is 10. The first-order chi connectivity index (χ1) is 13.4. The zero-order valence-electron chi connectivity index (χ0n) is 15.6. The molecule has 0 aliphatic heterocycles. The lowest BCUT2D eigenvalue weighted by Gasteiger charge is -2.32. The van der Waals surface area contributed by atoms with Crippen LogP contribution in [0.15, 0.2) is 24.3 Å². The molecule has 0 aliphatic carbocycles. The molecule has 2 aromatic carbocycles. The number of rotatable bonds is 8. The van der Waals surface area contributed by atoms with E-state index < -0.39 is 52.5 Å². The number of para-hydroxylation sites is 1. The van der Waals surface area contributed by atoms with Crippen LogP contribution in [0, 0.1) is 6.92 Å². The third-order valence-electron chi connectivity index (χ3n) is 4.41. The van der Waals surface area contributed by atoms with Gasteiger partial charge in [0.15, 0.2) is 11.5 Å². The Morgan fingerprint density at radius 1 is 0.724 bits per heavy atom. The van der Waals surface area contributed by atoms with Gasteiger partial charge < -0.3 is 50.7 Å². The van der Waals surface area contributed by atoms with E-state index in [-0.39, 0.29) is 25.0 Å². The number of phenolic OH excluding ortho intramolecular Hbond substituents is 5. The summed E-state index contributed by atoms with van der Waals surface area (Å²) in [6.45, 7) is 1.67. The third-order valence-corrected chi connectivity index (χ3v) is 4.41. The van der Waals surface area contributed by atoms with Crippen molar-refractivity contribution in [1.29, 1.82) is 0 Å². The van der Waals surface area contributed by atoms with E-state index in [9.17, 15) is 30.6 Å². The average Bonchev–Trinajstić information content (AvgIpc) is 2.63. The Hall–Kier alpha value is -2.92. The second-order valence-corrected chi connectivity index (χ2v) is 6.75. The van der Waals surface area contributed by atoms with E-state index in [1.807, 2.05) is 0 Å². The lowest BCUT2D eigenvalue weighted by Crippen LogP contribution is -2.34. The maximum atomic E-state index is 11.2. The molecule has 10 heteroatoms. The highest BCUT2D eigenvalue weighted by Gasteiger charge is 2.41. The largest absolute Gasteiger partial charge is 0.504 e. The van der Waals surface area contributed by atoms with Crippen molar-refractivity contribution in [1.82, 2.24) is 0 Å². The summed E-state index contributed by atoms with van der Waals surface area (Å²) in [5.41, 5.74) is -0.214. The highest BCUT2D eigenvalue weighted by atomic mass is 16.7. The van der Waals surface area contributed by atoms with E-state index in [2.05, 4.69) is 0 Å². The van der Waals surface area contributed by atoms with E-state index in [1.165, 1.54) is 6.07 Å². The Morgan fingerprint density at radius 3 is 1.72 bits per heavy atom. The molecule has 0 aliphatic rings. The Balaban J connectivity index is 2.49. The van der Waals surface area contributed by atoms with Crippen LogP contribution in [0.2, 0.25) is 0 Å². The van der Waals surface area contributed by atoms with Crippen molar-refractivity contribution in [3.8, 4) is 34.5 Å². The van der Waals surface area contributed by atoms with Gasteiger partial charge in [0, 0.05) is 12.8 Å². The Bertz CT molecular complexity index is 845. The normalized spacial score (nSPS) is 13.8. The summed E-state index contributed by atoms with van der Waals surface area (Å²) in [5, 5.41) is 87.7. The maximum absolute atomic E-state index is 11.2. The molecule has 0 radical (unpaired) electrons. The fourth-order valence-electron chi connectivity index (χ4n) is 2.86. The van der Waals surface area contributed by atoms with Crippen molar-refractivity contribution in [2.75, 3.05) is 0 Å². The van der Waals surface area contributed by atoms with Gasteiger partial charge in [0.05, 0.1) is 0 Å². The molecule has 1 atom stereocenters. The zero-order valence-corrected chi connectivity index (χ0v) is 15.6. The molecular formula is C19H24O10. The van der Waals surface area contributed by atoms with Gasteiger partial charge in [0.1, 0.15) is 11.3 Å². The molecule has 0 heterocycles. The van der Waals surface area contributed by atoms with Crippen molar-refractivity contribution in [3.05, 3.63) is 35.4 Å². The van der Waals surface area contributed by atoms with Gasteiger partial charge in [-0.3, -0.25) is 0 Å². The smallest absolute Gasteiger partial charge is 0.275 e. The summed E-state index contributed by atoms with van der Waals surface area (Å²) in [6, 6.07) is 6.47. The molecule has 0 spiro atoms. The van der Waals surface area contributed by atoms with Gasteiger partial charge in [-0.2, -0.15) is 0 Å². The van der Waals surface area contributed by atoms with Crippen LogP contribution in [0.5, 0.6) is 34.5 Å². The fourth-order valence-corrected chi connectivity index (χ4v) is 2.86. The van der Waals surface area contributed by atoms with Gasteiger partial charge in [-0.05, 0) is 31.4 Å². The van der Waals surface area contributed by atoms with Crippen LogP contribution in [0.1, 0.15) is 36.8 Å². The Kier molecular flexibility index (Phi) is 6.34. The second-order valence-electron chi connectivity index (χ2n) is 6.75. The van der Waals surface area contributed by atoms with Crippen molar-refractivity contribution in [2.45, 2.75) is 44.4 Å². The molecule has 0 amide bonds.